The molecule has 0 bridgehead atoms. The Labute approximate surface area is 95.7 Å². The molecular weight excluding hydrogens is 204 g/mol. The molecule has 1 rings (SSSR count). The average molecular weight is 222 g/mol. The van der Waals surface area contributed by atoms with E-state index >= 15 is 0 Å². The van der Waals surface area contributed by atoms with Crippen molar-refractivity contribution in [2.45, 2.75) is 32.4 Å². The second-order valence-electron chi connectivity index (χ2n) is 4.57. The van der Waals surface area contributed by atoms with E-state index in [2.05, 4.69) is 5.48 Å². The van der Waals surface area contributed by atoms with Crippen molar-refractivity contribution in [2.24, 2.45) is 5.73 Å². The van der Waals surface area contributed by atoms with Crippen molar-refractivity contribution in [3.63, 3.8) is 0 Å². The van der Waals surface area contributed by atoms with Crippen LogP contribution in [0.4, 0.5) is 0 Å². The zero-order chi connectivity index (χ0) is 12.2. The van der Waals surface area contributed by atoms with E-state index in [1.54, 1.807) is 12.1 Å². The van der Waals surface area contributed by atoms with Gasteiger partial charge in [0.05, 0.1) is 5.60 Å². The minimum atomic E-state index is -0.705. The van der Waals surface area contributed by atoms with Gasteiger partial charge in [-0.1, -0.05) is 30.3 Å². The number of amides is 1. The molecule has 0 aliphatic rings. The highest BCUT2D eigenvalue weighted by atomic mass is 16.7. The highest BCUT2D eigenvalue weighted by molar-refractivity contribution is 5.81. The van der Waals surface area contributed by atoms with Crippen LogP contribution < -0.4 is 11.2 Å². The predicted molar refractivity (Wildman–Crippen MR) is 62.4 cm³/mol. The summed E-state index contributed by atoms with van der Waals surface area (Å²) in [7, 11) is 0. The fourth-order valence-corrected chi connectivity index (χ4v) is 1.08. The summed E-state index contributed by atoms with van der Waals surface area (Å²) < 4.78 is 0. The van der Waals surface area contributed by atoms with Gasteiger partial charge in [0.1, 0.15) is 6.04 Å². The smallest absolute Gasteiger partial charge is 0.265 e. The van der Waals surface area contributed by atoms with Gasteiger partial charge in [0.15, 0.2) is 0 Å². The maximum atomic E-state index is 11.6. The van der Waals surface area contributed by atoms with Gasteiger partial charge in [-0.05, 0) is 26.3 Å². The molecule has 1 atom stereocenters. The number of hydroxylamine groups is 1. The molecule has 0 aliphatic carbocycles. The first-order valence-electron chi connectivity index (χ1n) is 5.18. The monoisotopic (exact) mass is 222 g/mol. The fourth-order valence-electron chi connectivity index (χ4n) is 1.08. The van der Waals surface area contributed by atoms with Crippen molar-refractivity contribution in [1.29, 1.82) is 0 Å². The molecule has 0 radical (unpaired) electrons. The highest BCUT2D eigenvalue weighted by Gasteiger charge is 2.18. The summed E-state index contributed by atoms with van der Waals surface area (Å²) in [5.74, 6) is -0.346. The lowest BCUT2D eigenvalue weighted by molar-refractivity contribution is -0.147. The van der Waals surface area contributed by atoms with Crippen molar-refractivity contribution in [1.82, 2.24) is 5.48 Å². The minimum Gasteiger partial charge on any atom is -0.316 e. The maximum Gasteiger partial charge on any atom is 0.265 e. The zero-order valence-electron chi connectivity index (χ0n) is 9.86. The normalized spacial score (nSPS) is 13.2. The lowest BCUT2D eigenvalue weighted by Gasteiger charge is -2.20. The molecule has 3 N–H and O–H groups in total. The van der Waals surface area contributed by atoms with Crippen LogP contribution in [0.1, 0.15) is 32.4 Å². The van der Waals surface area contributed by atoms with Gasteiger partial charge in [-0.25, -0.2) is 5.48 Å². The number of rotatable bonds is 3. The topological polar surface area (TPSA) is 64.3 Å². The quantitative estimate of drug-likeness (QED) is 0.762. The van der Waals surface area contributed by atoms with Gasteiger partial charge in [0.25, 0.3) is 5.91 Å². The summed E-state index contributed by atoms with van der Waals surface area (Å²) in [6, 6.07) is 8.46. The van der Waals surface area contributed by atoms with Crippen LogP contribution >= 0.6 is 0 Å². The number of nitrogens with one attached hydrogen (secondary N) is 1. The van der Waals surface area contributed by atoms with Gasteiger partial charge in [-0.3, -0.25) is 9.63 Å². The van der Waals surface area contributed by atoms with Gasteiger partial charge in [-0.15, -0.1) is 0 Å². The van der Waals surface area contributed by atoms with E-state index in [1.807, 2.05) is 39.0 Å². The molecule has 0 unspecified atom stereocenters. The van der Waals surface area contributed by atoms with Crippen LogP contribution in [0.15, 0.2) is 30.3 Å². The van der Waals surface area contributed by atoms with Gasteiger partial charge in [0, 0.05) is 0 Å². The maximum absolute atomic E-state index is 11.6. The Bertz CT molecular complexity index is 344. The summed E-state index contributed by atoms with van der Waals surface area (Å²) in [6.07, 6.45) is 0. The van der Waals surface area contributed by atoms with Crippen molar-refractivity contribution in [2.75, 3.05) is 0 Å². The lowest BCUT2D eigenvalue weighted by atomic mass is 10.1. The Morgan fingerprint density at radius 2 is 1.88 bits per heavy atom. The van der Waals surface area contributed by atoms with Crippen LogP contribution in [0.3, 0.4) is 0 Å². The average Bonchev–Trinajstić information content (AvgIpc) is 2.25. The molecule has 88 valence electrons. The molecular formula is C12H18N2O2. The Balaban J connectivity index is 2.55. The molecule has 4 nitrogen and oxygen atoms in total. The third-order valence-corrected chi connectivity index (χ3v) is 1.90. The Kier molecular flexibility index (Phi) is 4.04. The molecule has 16 heavy (non-hydrogen) atoms. The number of nitrogens with two attached hydrogens (primary N) is 1. The predicted octanol–water partition coefficient (Wildman–Crippen LogP) is 1.53. The molecule has 0 heterocycles. The van der Waals surface area contributed by atoms with Crippen molar-refractivity contribution >= 4 is 5.91 Å². The van der Waals surface area contributed by atoms with E-state index in [4.69, 9.17) is 10.6 Å². The van der Waals surface area contributed by atoms with Crippen molar-refractivity contribution in [3.05, 3.63) is 35.9 Å². The number of hydrogen-bond donors (Lipinski definition) is 2. The molecule has 0 saturated carbocycles. The fraction of sp³-hybridized carbons (Fsp3) is 0.417. The van der Waals surface area contributed by atoms with Crippen LogP contribution in [0, 0.1) is 0 Å². The van der Waals surface area contributed by atoms with Gasteiger partial charge in [0.2, 0.25) is 0 Å². The standard InChI is InChI=1S/C12H18N2O2/c1-12(2,3)16-14-11(15)10(13)9-7-5-4-6-8-9/h4-8,10H,13H2,1-3H3,(H,14,15)/t10-/m1/s1. The molecule has 0 spiro atoms. The van der Waals surface area contributed by atoms with E-state index < -0.39 is 11.6 Å². The van der Waals surface area contributed by atoms with Gasteiger partial charge < -0.3 is 5.73 Å². The second kappa shape index (κ2) is 5.09. The first-order valence-corrected chi connectivity index (χ1v) is 5.18. The minimum absolute atomic E-state index is 0.346. The molecule has 0 saturated heterocycles. The van der Waals surface area contributed by atoms with Crippen LogP contribution in [-0.4, -0.2) is 11.5 Å². The van der Waals surface area contributed by atoms with E-state index in [0.29, 0.717) is 0 Å². The van der Waals surface area contributed by atoms with E-state index in [1.165, 1.54) is 0 Å². The van der Waals surface area contributed by atoms with Crippen LogP contribution in [-0.2, 0) is 9.63 Å². The molecule has 1 aromatic carbocycles. The first-order chi connectivity index (χ1) is 7.40. The lowest BCUT2D eigenvalue weighted by Crippen LogP contribution is -2.39. The Morgan fingerprint density at radius 1 is 1.31 bits per heavy atom. The zero-order valence-corrected chi connectivity index (χ0v) is 9.86. The van der Waals surface area contributed by atoms with Gasteiger partial charge in [-0.2, -0.15) is 0 Å². The summed E-state index contributed by atoms with van der Waals surface area (Å²) in [5, 5.41) is 0. The third-order valence-electron chi connectivity index (χ3n) is 1.90. The molecule has 0 aliphatic heterocycles. The van der Waals surface area contributed by atoms with Gasteiger partial charge >= 0.3 is 0 Å². The van der Waals surface area contributed by atoms with E-state index in [-0.39, 0.29) is 5.91 Å². The Hall–Kier alpha value is -1.39. The number of benzene rings is 1. The summed E-state index contributed by atoms with van der Waals surface area (Å²) in [6.45, 7) is 5.55. The summed E-state index contributed by atoms with van der Waals surface area (Å²) >= 11 is 0. The molecule has 4 heteroatoms. The van der Waals surface area contributed by atoms with Crippen molar-refractivity contribution in [3.8, 4) is 0 Å². The largest absolute Gasteiger partial charge is 0.316 e. The molecule has 0 aromatic heterocycles. The van der Waals surface area contributed by atoms with Crippen LogP contribution in [0.2, 0.25) is 0 Å². The van der Waals surface area contributed by atoms with E-state index in [0.717, 1.165) is 5.56 Å². The summed E-state index contributed by atoms with van der Waals surface area (Å²) in [5.41, 5.74) is 8.47. The van der Waals surface area contributed by atoms with Crippen LogP contribution in [0.25, 0.3) is 0 Å². The second-order valence-corrected chi connectivity index (χ2v) is 4.57. The SMILES string of the molecule is CC(C)(C)ONC(=O)[C@H](N)c1ccccc1. The Morgan fingerprint density at radius 3 is 2.38 bits per heavy atom. The third kappa shape index (κ3) is 4.00. The van der Waals surface area contributed by atoms with Crippen molar-refractivity contribution < 1.29 is 9.63 Å². The summed E-state index contributed by atoms with van der Waals surface area (Å²) in [4.78, 5) is 16.8. The molecule has 1 amide bonds. The van der Waals surface area contributed by atoms with Crippen LogP contribution in [0.5, 0.6) is 0 Å². The molecule has 1 aromatic rings. The number of carbonyl (C=O) groups is 1. The molecule has 0 fully saturated rings. The van der Waals surface area contributed by atoms with E-state index in [9.17, 15) is 4.79 Å². The number of hydrogen-bond acceptors (Lipinski definition) is 3. The first kappa shape index (κ1) is 12.7. The highest BCUT2D eigenvalue weighted by Crippen LogP contribution is 2.10. The number of carbonyl (C=O) groups excluding carboxylic acids is 1.